The maximum atomic E-state index is 12.3. The molecule has 0 aliphatic carbocycles. The first-order chi connectivity index (χ1) is 12.5. The Bertz CT molecular complexity index is 601. The third kappa shape index (κ3) is 6.12. The molecule has 144 valence electrons. The highest BCUT2D eigenvalue weighted by molar-refractivity contribution is 7.99. The van der Waals surface area contributed by atoms with Crippen LogP contribution in [-0.4, -0.2) is 56.0 Å². The van der Waals surface area contributed by atoms with Crippen molar-refractivity contribution in [1.29, 1.82) is 0 Å². The number of anilines is 1. The van der Waals surface area contributed by atoms with Gasteiger partial charge in [0, 0.05) is 43.4 Å². The molecule has 0 unspecified atom stereocenters. The van der Waals surface area contributed by atoms with E-state index in [2.05, 4.69) is 5.32 Å². The first-order valence-electron chi connectivity index (χ1n) is 8.85. The summed E-state index contributed by atoms with van der Waals surface area (Å²) in [5.74, 6) is 2.36. The lowest BCUT2D eigenvalue weighted by Crippen LogP contribution is -2.41. The molecule has 1 saturated heterocycles. The normalized spacial score (nSPS) is 16.9. The first kappa shape index (κ1) is 20.4. The second kappa shape index (κ2) is 10.3. The summed E-state index contributed by atoms with van der Waals surface area (Å²) in [7, 11) is 3.15. The smallest absolute Gasteiger partial charge is 0.232 e. The van der Waals surface area contributed by atoms with E-state index in [0.29, 0.717) is 35.3 Å². The molecule has 2 rings (SSSR count). The van der Waals surface area contributed by atoms with Crippen LogP contribution in [0.2, 0.25) is 0 Å². The van der Waals surface area contributed by atoms with E-state index in [-0.39, 0.29) is 11.8 Å². The molecular formula is C19H28N2O4S. The molecule has 1 aromatic carbocycles. The van der Waals surface area contributed by atoms with Crippen LogP contribution in [0.15, 0.2) is 18.2 Å². The molecule has 0 aromatic heterocycles. The van der Waals surface area contributed by atoms with Crippen molar-refractivity contribution in [3.63, 3.8) is 0 Å². The average molecular weight is 381 g/mol. The highest BCUT2D eigenvalue weighted by atomic mass is 32.2. The summed E-state index contributed by atoms with van der Waals surface area (Å²) in [6.45, 7) is 1.60. The van der Waals surface area contributed by atoms with E-state index < -0.39 is 0 Å². The Labute approximate surface area is 159 Å². The number of likely N-dealkylation sites (tertiary alicyclic amines) is 1. The predicted molar refractivity (Wildman–Crippen MR) is 105 cm³/mol. The van der Waals surface area contributed by atoms with Crippen LogP contribution in [0.4, 0.5) is 5.69 Å². The molecule has 1 aliphatic rings. The number of thioether (sulfide) groups is 1. The van der Waals surface area contributed by atoms with Gasteiger partial charge in [-0.05, 0) is 31.4 Å². The van der Waals surface area contributed by atoms with Gasteiger partial charge in [0.15, 0.2) is 0 Å². The van der Waals surface area contributed by atoms with Crippen LogP contribution in [0.1, 0.15) is 25.7 Å². The van der Waals surface area contributed by atoms with Gasteiger partial charge in [-0.25, -0.2) is 0 Å². The third-order valence-electron chi connectivity index (χ3n) is 4.55. The second-order valence-electron chi connectivity index (χ2n) is 6.47. The Morgan fingerprint density at radius 3 is 2.54 bits per heavy atom. The number of benzene rings is 1. The number of methoxy groups -OCH3 is 2. The van der Waals surface area contributed by atoms with Crippen LogP contribution < -0.4 is 14.8 Å². The lowest BCUT2D eigenvalue weighted by Gasteiger charge is -2.32. The summed E-state index contributed by atoms with van der Waals surface area (Å²) in [5, 5.41) is 2.90. The third-order valence-corrected chi connectivity index (χ3v) is 5.09. The van der Waals surface area contributed by atoms with Crippen LogP contribution in [0, 0.1) is 5.92 Å². The average Bonchev–Trinajstić information content (AvgIpc) is 2.66. The van der Waals surface area contributed by atoms with Crippen LogP contribution in [-0.2, 0) is 9.59 Å². The van der Waals surface area contributed by atoms with Gasteiger partial charge >= 0.3 is 0 Å². The maximum Gasteiger partial charge on any atom is 0.232 e. The molecule has 26 heavy (non-hydrogen) atoms. The number of hydrogen-bond acceptors (Lipinski definition) is 5. The predicted octanol–water partition coefficient (Wildman–Crippen LogP) is 3.02. The second-order valence-corrected chi connectivity index (χ2v) is 7.34. The molecule has 1 heterocycles. The van der Waals surface area contributed by atoms with Crippen molar-refractivity contribution in [2.24, 2.45) is 5.92 Å². The van der Waals surface area contributed by atoms with Crippen molar-refractivity contribution in [2.75, 3.05) is 44.6 Å². The fraction of sp³-hybridized carbons (Fsp3) is 0.579. The number of piperidine rings is 1. The summed E-state index contributed by atoms with van der Waals surface area (Å²) < 4.78 is 10.4. The number of ether oxygens (including phenoxy) is 2. The SMILES string of the molecule is COc1cc(NC(=O)CC[C@H]2CCCN(C(=O)CSC)C2)cc(OC)c1. The standard InChI is InChI=1S/C19H28N2O4S/c1-24-16-9-15(10-17(11-16)25-2)20-18(22)7-6-14-5-4-8-21(12-14)19(23)13-26-3/h9-11,14H,4-8,12-13H2,1-3H3,(H,20,22)/t14-/m1/s1. The molecule has 1 atom stereocenters. The number of nitrogens with zero attached hydrogens (tertiary/aromatic N) is 1. The van der Waals surface area contributed by atoms with E-state index in [4.69, 9.17) is 9.47 Å². The molecule has 0 saturated carbocycles. The zero-order chi connectivity index (χ0) is 18.9. The van der Waals surface area contributed by atoms with Crippen LogP contribution in [0.5, 0.6) is 11.5 Å². The largest absolute Gasteiger partial charge is 0.497 e. The summed E-state index contributed by atoms with van der Waals surface area (Å²) in [5.41, 5.74) is 0.659. The number of nitrogens with one attached hydrogen (secondary N) is 1. The monoisotopic (exact) mass is 380 g/mol. The zero-order valence-corrected chi connectivity index (χ0v) is 16.6. The highest BCUT2D eigenvalue weighted by Gasteiger charge is 2.23. The number of carbonyl (C=O) groups excluding carboxylic acids is 2. The van der Waals surface area contributed by atoms with Gasteiger partial charge in [-0.2, -0.15) is 11.8 Å². The molecule has 0 bridgehead atoms. The lowest BCUT2D eigenvalue weighted by atomic mass is 9.93. The number of carbonyl (C=O) groups is 2. The van der Waals surface area contributed by atoms with E-state index in [0.717, 1.165) is 32.4 Å². The molecule has 1 aromatic rings. The zero-order valence-electron chi connectivity index (χ0n) is 15.7. The Balaban J connectivity index is 1.84. The first-order valence-corrected chi connectivity index (χ1v) is 10.2. The molecular weight excluding hydrogens is 352 g/mol. The number of rotatable bonds is 8. The van der Waals surface area contributed by atoms with Gasteiger partial charge in [0.25, 0.3) is 0 Å². The fourth-order valence-electron chi connectivity index (χ4n) is 3.18. The van der Waals surface area contributed by atoms with Crippen molar-refractivity contribution in [3.05, 3.63) is 18.2 Å². The Kier molecular flexibility index (Phi) is 8.09. The Morgan fingerprint density at radius 1 is 1.23 bits per heavy atom. The van der Waals surface area contributed by atoms with E-state index in [1.807, 2.05) is 11.2 Å². The molecule has 6 nitrogen and oxygen atoms in total. The van der Waals surface area contributed by atoms with E-state index in [9.17, 15) is 9.59 Å². The molecule has 0 radical (unpaired) electrons. The summed E-state index contributed by atoms with van der Waals surface area (Å²) in [6.07, 6.45) is 5.25. The summed E-state index contributed by atoms with van der Waals surface area (Å²) >= 11 is 1.55. The lowest BCUT2D eigenvalue weighted by molar-refractivity contribution is -0.130. The highest BCUT2D eigenvalue weighted by Crippen LogP contribution is 2.26. The van der Waals surface area contributed by atoms with Gasteiger partial charge in [-0.3, -0.25) is 9.59 Å². The molecule has 1 fully saturated rings. The summed E-state index contributed by atoms with van der Waals surface area (Å²) in [6, 6.07) is 5.30. The molecule has 1 N–H and O–H groups in total. The minimum atomic E-state index is -0.0344. The van der Waals surface area contributed by atoms with Crippen LogP contribution in [0.3, 0.4) is 0 Å². The van der Waals surface area contributed by atoms with E-state index >= 15 is 0 Å². The van der Waals surface area contributed by atoms with Crippen molar-refractivity contribution in [2.45, 2.75) is 25.7 Å². The summed E-state index contributed by atoms with van der Waals surface area (Å²) in [4.78, 5) is 26.3. The van der Waals surface area contributed by atoms with Crippen molar-refractivity contribution >= 4 is 29.3 Å². The Morgan fingerprint density at radius 2 is 1.92 bits per heavy atom. The van der Waals surface area contributed by atoms with Crippen molar-refractivity contribution < 1.29 is 19.1 Å². The van der Waals surface area contributed by atoms with Crippen molar-refractivity contribution in [3.8, 4) is 11.5 Å². The minimum Gasteiger partial charge on any atom is -0.497 e. The van der Waals surface area contributed by atoms with Crippen LogP contribution in [0.25, 0.3) is 0 Å². The quantitative estimate of drug-likeness (QED) is 0.751. The van der Waals surface area contributed by atoms with Gasteiger partial charge in [-0.1, -0.05) is 0 Å². The minimum absolute atomic E-state index is 0.0344. The topological polar surface area (TPSA) is 67.9 Å². The van der Waals surface area contributed by atoms with E-state index in [1.165, 1.54) is 0 Å². The van der Waals surface area contributed by atoms with E-state index in [1.54, 1.807) is 44.2 Å². The number of amides is 2. The molecule has 0 spiro atoms. The fourth-order valence-corrected chi connectivity index (χ4v) is 3.61. The van der Waals surface area contributed by atoms with Gasteiger partial charge in [0.05, 0.1) is 20.0 Å². The van der Waals surface area contributed by atoms with Crippen molar-refractivity contribution in [1.82, 2.24) is 4.90 Å². The van der Waals surface area contributed by atoms with Gasteiger partial charge in [0.1, 0.15) is 11.5 Å². The van der Waals surface area contributed by atoms with Gasteiger partial charge in [0.2, 0.25) is 11.8 Å². The molecule has 1 aliphatic heterocycles. The van der Waals surface area contributed by atoms with Gasteiger partial charge < -0.3 is 19.7 Å². The molecule has 2 amide bonds. The van der Waals surface area contributed by atoms with Gasteiger partial charge in [-0.15, -0.1) is 0 Å². The maximum absolute atomic E-state index is 12.3. The van der Waals surface area contributed by atoms with Crippen LogP contribution >= 0.6 is 11.8 Å². The molecule has 7 heteroatoms. The Hall–Kier alpha value is -1.89. The number of hydrogen-bond donors (Lipinski definition) is 1.